The second kappa shape index (κ2) is 4.49. The molecule has 86 valence electrons. The molecule has 0 aromatic carbocycles. The maximum atomic E-state index is 12.1. The number of pyridine rings is 1. The zero-order valence-electron chi connectivity index (χ0n) is 9.22. The van der Waals surface area contributed by atoms with Crippen molar-refractivity contribution < 1.29 is 9.53 Å². The predicted molar refractivity (Wildman–Crippen MR) is 60.0 cm³/mol. The Balaban J connectivity index is 2.14. The Labute approximate surface area is 94.2 Å². The molecule has 5 heteroatoms. The SMILES string of the molecule is C[C@H]1COCCN1C(=O)c1ccc(N)nc1. The molecule has 1 atom stereocenters. The number of anilines is 1. The van der Waals surface area contributed by atoms with Gasteiger partial charge in [-0.3, -0.25) is 4.79 Å². The fourth-order valence-electron chi connectivity index (χ4n) is 1.73. The van der Waals surface area contributed by atoms with Crippen LogP contribution in [0.2, 0.25) is 0 Å². The largest absolute Gasteiger partial charge is 0.384 e. The van der Waals surface area contributed by atoms with Crippen molar-refractivity contribution in [3.05, 3.63) is 23.9 Å². The molecule has 0 aliphatic carbocycles. The van der Waals surface area contributed by atoms with E-state index < -0.39 is 0 Å². The Kier molecular flexibility index (Phi) is 3.05. The summed E-state index contributed by atoms with van der Waals surface area (Å²) in [5, 5.41) is 0. The monoisotopic (exact) mass is 221 g/mol. The fourth-order valence-corrected chi connectivity index (χ4v) is 1.73. The van der Waals surface area contributed by atoms with Crippen LogP contribution in [0.25, 0.3) is 0 Å². The molecule has 1 aromatic rings. The van der Waals surface area contributed by atoms with Crippen LogP contribution in [0, 0.1) is 0 Å². The lowest BCUT2D eigenvalue weighted by molar-refractivity contribution is 0.00357. The first kappa shape index (κ1) is 10.9. The third-order valence-corrected chi connectivity index (χ3v) is 2.66. The highest BCUT2D eigenvalue weighted by Crippen LogP contribution is 2.12. The van der Waals surface area contributed by atoms with E-state index in [4.69, 9.17) is 10.5 Å². The summed E-state index contributed by atoms with van der Waals surface area (Å²) < 4.78 is 5.29. The van der Waals surface area contributed by atoms with E-state index in [-0.39, 0.29) is 11.9 Å². The number of rotatable bonds is 1. The summed E-state index contributed by atoms with van der Waals surface area (Å²) in [4.78, 5) is 17.8. The van der Waals surface area contributed by atoms with Gasteiger partial charge in [-0.1, -0.05) is 0 Å². The van der Waals surface area contributed by atoms with E-state index in [2.05, 4.69) is 4.98 Å². The molecule has 0 radical (unpaired) electrons. The lowest BCUT2D eigenvalue weighted by atomic mass is 10.2. The van der Waals surface area contributed by atoms with Gasteiger partial charge in [0.2, 0.25) is 0 Å². The average Bonchev–Trinajstić information content (AvgIpc) is 2.30. The number of hydrogen-bond donors (Lipinski definition) is 1. The zero-order chi connectivity index (χ0) is 11.5. The normalized spacial score (nSPS) is 20.8. The second-order valence-corrected chi connectivity index (χ2v) is 3.89. The van der Waals surface area contributed by atoms with Crippen LogP contribution >= 0.6 is 0 Å². The van der Waals surface area contributed by atoms with Crippen LogP contribution in [0.15, 0.2) is 18.3 Å². The zero-order valence-corrected chi connectivity index (χ0v) is 9.22. The van der Waals surface area contributed by atoms with Crippen LogP contribution in [-0.2, 0) is 4.74 Å². The Bertz CT molecular complexity index is 377. The van der Waals surface area contributed by atoms with Crippen LogP contribution in [0.3, 0.4) is 0 Å². The molecule has 0 saturated carbocycles. The van der Waals surface area contributed by atoms with Crippen molar-refractivity contribution in [2.24, 2.45) is 0 Å². The van der Waals surface area contributed by atoms with E-state index >= 15 is 0 Å². The van der Waals surface area contributed by atoms with Gasteiger partial charge in [-0.15, -0.1) is 0 Å². The number of morpholine rings is 1. The van der Waals surface area contributed by atoms with Gasteiger partial charge in [0.1, 0.15) is 5.82 Å². The van der Waals surface area contributed by atoms with Crippen molar-refractivity contribution in [2.75, 3.05) is 25.5 Å². The molecule has 16 heavy (non-hydrogen) atoms. The van der Waals surface area contributed by atoms with Crippen molar-refractivity contribution in [2.45, 2.75) is 13.0 Å². The minimum Gasteiger partial charge on any atom is -0.384 e. The second-order valence-electron chi connectivity index (χ2n) is 3.89. The van der Waals surface area contributed by atoms with Crippen LogP contribution < -0.4 is 5.73 Å². The number of amides is 1. The summed E-state index contributed by atoms with van der Waals surface area (Å²) in [5.41, 5.74) is 6.05. The molecule has 0 bridgehead atoms. The standard InChI is InChI=1S/C11H15N3O2/c1-8-7-16-5-4-14(8)11(15)9-2-3-10(12)13-6-9/h2-3,6,8H,4-5,7H2,1H3,(H2,12,13)/t8-/m0/s1. The molecule has 5 nitrogen and oxygen atoms in total. The van der Waals surface area contributed by atoms with E-state index in [1.807, 2.05) is 6.92 Å². The van der Waals surface area contributed by atoms with E-state index in [9.17, 15) is 4.79 Å². The molecular weight excluding hydrogens is 206 g/mol. The first-order valence-electron chi connectivity index (χ1n) is 5.28. The summed E-state index contributed by atoms with van der Waals surface area (Å²) in [6.45, 7) is 3.79. The minimum absolute atomic E-state index is 0.0108. The minimum atomic E-state index is -0.0108. The molecule has 0 unspecified atom stereocenters. The van der Waals surface area contributed by atoms with Gasteiger partial charge >= 0.3 is 0 Å². The van der Waals surface area contributed by atoms with Crippen molar-refractivity contribution >= 4 is 11.7 Å². The van der Waals surface area contributed by atoms with Crippen molar-refractivity contribution in [1.29, 1.82) is 0 Å². The van der Waals surface area contributed by atoms with Gasteiger partial charge in [0.15, 0.2) is 0 Å². The summed E-state index contributed by atoms with van der Waals surface area (Å²) in [7, 11) is 0. The molecule has 0 spiro atoms. The lowest BCUT2D eigenvalue weighted by Gasteiger charge is -2.33. The van der Waals surface area contributed by atoms with Crippen molar-refractivity contribution in [3.8, 4) is 0 Å². The molecule has 2 heterocycles. The first-order valence-corrected chi connectivity index (χ1v) is 5.28. The quantitative estimate of drug-likeness (QED) is 0.750. The van der Waals surface area contributed by atoms with Crippen LogP contribution in [0.5, 0.6) is 0 Å². The van der Waals surface area contributed by atoms with Gasteiger partial charge in [0.25, 0.3) is 5.91 Å². The summed E-state index contributed by atoms with van der Waals surface area (Å²) in [6, 6.07) is 3.45. The Hall–Kier alpha value is -1.62. The maximum absolute atomic E-state index is 12.1. The molecule has 2 N–H and O–H groups in total. The van der Waals surface area contributed by atoms with E-state index in [1.165, 1.54) is 6.20 Å². The fraction of sp³-hybridized carbons (Fsp3) is 0.455. The first-order chi connectivity index (χ1) is 7.68. The molecule has 1 aliphatic heterocycles. The highest BCUT2D eigenvalue weighted by Gasteiger charge is 2.24. The average molecular weight is 221 g/mol. The summed E-state index contributed by atoms with van der Waals surface area (Å²) >= 11 is 0. The molecule has 2 rings (SSSR count). The van der Waals surface area contributed by atoms with E-state index in [0.29, 0.717) is 31.1 Å². The Morgan fingerprint density at radius 3 is 3.06 bits per heavy atom. The third-order valence-electron chi connectivity index (χ3n) is 2.66. The van der Waals surface area contributed by atoms with Crippen LogP contribution in [0.1, 0.15) is 17.3 Å². The highest BCUT2D eigenvalue weighted by atomic mass is 16.5. The van der Waals surface area contributed by atoms with Gasteiger partial charge < -0.3 is 15.4 Å². The molecule has 1 aromatic heterocycles. The predicted octanol–water partition coefficient (Wildman–Crippen LogP) is 0.525. The number of hydrogen-bond acceptors (Lipinski definition) is 4. The van der Waals surface area contributed by atoms with Gasteiger partial charge in [-0.2, -0.15) is 0 Å². The number of nitrogens with zero attached hydrogens (tertiary/aromatic N) is 2. The van der Waals surface area contributed by atoms with Crippen molar-refractivity contribution in [1.82, 2.24) is 9.88 Å². The van der Waals surface area contributed by atoms with Crippen LogP contribution in [-0.4, -0.2) is 41.6 Å². The summed E-state index contributed by atoms with van der Waals surface area (Å²) in [6.07, 6.45) is 1.51. The molecule has 1 amide bonds. The highest BCUT2D eigenvalue weighted by molar-refractivity contribution is 5.94. The van der Waals surface area contributed by atoms with Gasteiger partial charge in [0, 0.05) is 12.7 Å². The topological polar surface area (TPSA) is 68.5 Å². The third kappa shape index (κ3) is 2.14. The maximum Gasteiger partial charge on any atom is 0.255 e. The number of carbonyl (C=O) groups is 1. The number of ether oxygens (including phenoxy) is 1. The smallest absolute Gasteiger partial charge is 0.255 e. The number of nitrogens with two attached hydrogens (primary N) is 1. The summed E-state index contributed by atoms with van der Waals surface area (Å²) in [5.74, 6) is 0.412. The number of aromatic nitrogens is 1. The molecule has 1 saturated heterocycles. The van der Waals surface area contributed by atoms with Crippen LogP contribution in [0.4, 0.5) is 5.82 Å². The lowest BCUT2D eigenvalue weighted by Crippen LogP contribution is -2.47. The van der Waals surface area contributed by atoms with Gasteiger partial charge in [-0.25, -0.2) is 4.98 Å². The van der Waals surface area contributed by atoms with E-state index in [0.717, 1.165) is 0 Å². The number of carbonyl (C=O) groups excluding carboxylic acids is 1. The van der Waals surface area contributed by atoms with Crippen molar-refractivity contribution in [3.63, 3.8) is 0 Å². The Morgan fingerprint density at radius 1 is 1.62 bits per heavy atom. The molecule has 1 fully saturated rings. The van der Waals surface area contributed by atoms with E-state index in [1.54, 1.807) is 17.0 Å². The van der Waals surface area contributed by atoms with Gasteiger partial charge in [0.05, 0.1) is 24.8 Å². The molecular formula is C11H15N3O2. The molecule has 1 aliphatic rings. The Morgan fingerprint density at radius 2 is 2.44 bits per heavy atom. The number of nitrogen functional groups attached to an aromatic ring is 1. The van der Waals surface area contributed by atoms with Gasteiger partial charge in [-0.05, 0) is 19.1 Å².